The molecule has 0 aromatic carbocycles. The molecule has 0 saturated heterocycles. The van der Waals surface area contributed by atoms with Crippen molar-refractivity contribution in [3.05, 3.63) is 15.6 Å². The van der Waals surface area contributed by atoms with E-state index in [0.717, 1.165) is 18.1 Å². The normalized spacial score (nSPS) is 13.8. The molecular formula is C15H28N2S2. The van der Waals surface area contributed by atoms with E-state index in [2.05, 4.69) is 46.9 Å². The number of nitrogens with zero attached hydrogens (tertiary/aromatic N) is 1. The van der Waals surface area contributed by atoms with Crippen LogP contribution in [0.4, 0.5) is 0 Å². The maximum atomic E-state index is 4.88. The van der Waals surface area contributed by atoms with Crippen molar-refractivity contribution >= 4 is 23.1 Å². The van der Waals surface area contributed by atoms with E-state index in [0.29, 0.717) is 6.04 Å². The van der Waals surface area contributed by atoms with Crippen LogP contribution in [0, 0.1) is 0 Å². The van der Waals surface area contributed by atoms with E-state index in [1.807, 2.05) is 23.1 Å². The summed E-state index contributed by atoms with van der Waals surface area (Å²) in [6, 6.07) is 0.573. The van der Waals surface area contributed by atoms with Crippen LogP contribution < -0.4 is 5.32 Å². The molecule has 0 aliphatic rings. The molecule has 1 rings (SSSR count). The summed E-state index contributed by atoms with van der Waals surface area (Å²) in [6.45, 7) is 14.4. The second-order valence-corrected chi connectivity index (χ2v) is 8.40. The van der Waals surface area contributed by atoms with Gasteiger partial charge in [0.05, 0.1) is 5.69 Å². The standard InChI is InChI=1S/C15H28N2S2/c1-7-11(3)16-9-12-14(15(4,5)6)17-13(19-12)10-18-8-2/h11,16H,7-10H2,1-6H3. The predicted octanol–water partition coefficient (Wildman–Crippen LogP) is 4.58. The van der Waals surface area contributed by atoms with Gasteiger partial charge in [-0.2, -0.15) is 11.8 Å². The maximum Gasteiger partial charge on any atom is 0.103 e. The first-order valence-corrected chi connectivity index (χ1v) is 9.15. The minimum absolute atomic E-state index is 0.137. The average molecular weight is 301 g/mol. The van der Waals surface area contributed by atoms with Gasteiger partial charge >= 0.3 is 0 Å². The summed E-state index contributed by atoms with van der Waals surface area (Å²) >= 11 is 3.83. The molecule has 110 valence electrons. The average Bonchev–Trinajstić information content (AvgIpc) is 2.76. The van der Waals surface area contributed by atoms with Crippen LogP contribution in [-0.2, 0) is 17.7 Å². The minimum atomic E-state index is 0.137. The first-order chi connectivity index (χ1) is 8.88. The van der Waals surface area contributed by atoms with Crippen molar-refractivity contribution in [3.8, 4) is 0 Å². The largest absolute Gasteiger partial charge is 0.309 e. The number of rotatable bonds is 7. The van der Waals surface area contributed by atoms with Crippen molar-refractivity contribution in [1.82, 2.24) is 10.3 Å². The third-order valence-electron chi connectivity index (χ3n) is 3.11. The van der Waals surface area contributed by atoms with Crippen LogP contribution in [-0.4, -0.2) is 16.8 Å². The van der Waals surface area contributed by atoms with Gasteiger partial charge in [-0.25, -0.2) is 4.98 Å². The smallest absolute Gasteiger partial charge is 0.103 e. The second-order valence-electron chi connectivity index (χ2n) is 5.96. The summed E-state index contributed by atoms with van der Waals surface area (Å²) < 4.78 is 0. The van der Waals surface area contributed by atoms with Crippen LogP contribution in [0.15, 0.2) is 0 Å². The lowest BCUT2D eigenvalue weighted by molar-refractivity contribution is 0.520. The fraction of sp³-hybridized carbons (Fsp3) is 0.800. The highest BCUT2D eigenvalue weighted by Crippen LogP contribution is 2.31. The van der Waals surface area contributed by atoms with Gasteiger partial charge in [0.2, 0.25) is 0 Å². The summed E-state index contributed by atoms with van der Waals surface area (Å²) in [5.74, 6) is 2.21. The number of thiazole rings is 1. The van der Waals surface area contributed by atoms with Crippen molar-refractivity contribution in [2.45, 2.75) is 71.7 Å². The first-order valence-electron chi connectivity index (χ1n) is 7.18. The fourth-order valence-corrected chi connectivity index (χ4v) is 3.72. The highest BCUT2D eigenvalue weighted by Gasteiger charge is 2.23. The Hall–Kier alpha value is -0.0600. The van der Waals surface area contributed by atoms with E-state index in [9.17, 15) is 0 Å². The molecule has 0 bridgehead atoms. The molecule has 2 nitrogen and oxygen atoms in total. The third-order valence-corrected chi connectivity index (χ3v) is 5.23. The van der Waals surface area contributed by atoms with E-state index in [-0.39, 0.29) is 5.41 Å². The zero-order chi connectivity index (χ0) is 14.5. The van der Waals surface area contributed by atoms with Crippen LogP contribution in [0.2, 0.25) is 0 Å². The molecule has 0 aliphatic heterocycles. The Kier molecular flexibility index (Phi) is 6.84. The summed E-state index contributed by atoms with van der Waals surface area (Å²) in [5.41, 5.74) is 1.41. The number of nitrogens with one attached hydrogen (secondary N) is 1. The molecule has 0 radical (unpaired) electrons. The van der Waals surface area contributed by atoms with Gasteiger partial charge in [0.25, 0.3) is 0 Å². The summed E-state index contributed by atoms with van der Waals surface area (Å²) in [4.78, 5) is 6.30. The molecule has 0 amide bonds. The van der Waals surface area contributed by atoms with Crippen LogP contribution in [0.1, 0.15) is 63.5 Å². The molecule has 1 unspecified atom stereocenters. The quantitative estimate of drug-likeness (QED) is 0.797. The molecule has 0 spiro atoms. The fourth-order valence-electron chi connectivity index (χ4n) is 1.77. The molecule has 1 N–H and O–H groups in total. The number of aromatic nitrogens is 1. The van der Waals surface area contributed by atoms with E-state index in [1.54, 1.807) is 0 Å². The van der Waals surface area contributed by atoms with Gasteiger partial charge in [0.15, 0.2) is 0 Å². The lowest BCUT2D eigenvalue weighted by atomic mass is 9.91. The van der Waals surface area contributed by atoms with Gasteiger partial charge in [0, 0.05) is 28.6 Å². The Morgan fingerprint density at radius 1 is 1.32 bits per heavy atom. The zero-order valence-corrected chi connectivity index (χ0v) is 14.8. The lowest BCUT2D eigenvalue weighted by Crippen LogP contribution is -2.25. The molecule has 0 fully saturated rings. The van der Waals surface area contributed by atoms with Crippen LogP contribution in [0.3, 0.4) is 0 Å². The minimum Gasteiger partial charge on any atom is -0.309 e. The molecule has 4 heteroatoms. The Morgan fingerprint density at radius 2 is 2.00 bits per heavy atom. The summed E-state index contributed by atoms with van der Waals surface area (Å²) in [5, 5.41) is 4.87. The van der Waals surface area contributed by atoms with Crippen LogP contribution >= 0.6 is 23.1 Å². The molecule has 19 heavy (non-hydrogen) atoms. The van der Waals surface area contributed by atoms with E-state index in [1.165, 1.54) is 22.0 Å². The Labute approximate surface area is 126 Å². The van der Waals surface area contributed by atoms with Crippen molar-refractivity contribution < 1.29 is 0 Å². The first kappa shape index (κ1) is 17.0. The van der Waals surface area contributed by atoms with Gasteiger partial charge in [-0.15, -0.1) is 11.3 Å². The molecule has 0 saturated carbocycles. The number of hydrogen-bond acceptors (Lipinski definition) is 4. The second kappa shape index (κ2) is 7.65. The zero-order valence-electron chi connectivity index (χ0n) is 13.2. The summed E-state index contributed by atoms with van der Waals surface area (Å²) in [6.07, 6.45) is 1.17. The van der Waals surface area contributed by atoms with E-state index >= 15 is 0 Å². The van der Waals surface area contributed by atoms with Gasteiger partial charge < -0.3 is 5.32 Å². The van der Waals surface area contributed by atoms with Gasteiger partial charge in [-0.1, -0.05) is 34.6 Å². The Bertz CT molecular complexity index is 380. The van der Waals surface area contributed by atoms with Crippen LogP contribution in [0.25, 0.3) is 0 Å². The summed E-state index contributed by atoms with van der Waals surface area (Å²) in [7, 11) is 0. The molecule has 0 aliphatic carbocycles. The topological polar surface area (TPSA) is 24.9 Å². The van der Waals surface area contributed by atoms with Crippen molar-refractivity contribution in [3.63, 3.8) is 0 Å². The van der Waals surface area contributed by atoms with Crippen molar-refractivity contribution in [2.24, 2.45) is 0 Å². The number of hydrogen-bond donors (Lipinski definition) is 1. The maximum absolute atomic E-state index is 4.88. The Morgan fingerprint density at radius 3 is 2.53 bits per heavy atom. The highest BCUT2D eigenvalue weighted by atomic mass is 32.2. The Balaban J connectivity index is 2.83. The molecule has 1 aromatic rings. The monoisotopic (exact) mass is 300 g/mol. The lowest BCUT2D eigenvalue weighted by Gasteiger charge is -2.19. The highest BCUT2D eigenvalue weighted by molar-refractivity contribution is 7.98. The van der Waals surface area contributed by atoms with Crippen LogP contribution in [0.5, 0.6) is 0 Å². The van der Waals surface area contributed by atoms with Crippen molar-refractivity contribution in [1.29, 1.82) is 0 Å². The van der Waals surface area contributed by atoms with Gasteiger partial charge in [-0.3, -0.25) is 0 Å². The SMILES string of the molecule is CCSCc1nc(C(C)(C)C)c(CNC(C)CC)s1. The van der Waals surface area contributed by atoms with Crippen molar-refractivity contribution in [2.75, 3.05) is 5.75 Å². The molecule has 1 atom stereocenters. The molecule has 1 aromatic heterocycles. The third kappa shape index (κ3) is 5.44. The van der Waals surface area contributed by atoms with Gasteiger partial charge in [0.1, 0.15) is 5.01 Å². The van der Waals surface area contributed by atoms with E-state index < -0.39 is 0 Å². The molecule has 1 heterocycles. The molecular weight excluding hydrogens is 272 g/mol. The van der Waals surface area contributed by atoms with E-state index in [4.69, 9.17) is 4.98 Å². The predicted molar refractivity (Wildman–Crippen MR) is 89.2 cm³/mol. The van der Waals surface area contributed by atoms with Gasteiger partial charge in [-0.05, 0) is 19.1 Å². The number of thioether (sulfide) groups is 1.